The molecule has 1 unspecified atom stereocenters. The number of hydrogen-bond donors (Lipinski definition) is 2. The van der Waals surface area contributed by atoms with Gasteiger partial charge in [0.1, 0.15) is 0 Å². The third kappa shape index (κ3) is 2.99. The highest BCUT2D eigenvalue weighted by molar-refractivity contribution is 8.00. The summed E-state index contributed by atoms with van der Waals surface area (Å²) in [5, 5.41) is 12.5. The summed E-state index contributed by atoms with van der Waals surface area (Å²) in [7, 11) is 0. The average Bonchev–Trinajstić information content (AvgIpc) is 2.75. The van der Waals surface area contributed by atoms with Gasteiger partial charge in [-0.3, -0.25) is 0 Å². The van der Waals surface area contributed by atoms with E-state index < -0.39 is 5.97 Å². The van der Waals surface area contributed by atoms with Crippen LogP contribution in [0.15, 0.2) is 18.2 Å². The number of carboxylic acid groups (broad SMARTS) is 1. The number of aryl methyl sites for hydroxylation is 1. The molecule has 1 aromatic rings. The first-order valence-corrected chi connectivity index (χ1v) is 7.20. The van der Waals surface area contributed by atoms with Gasteiger partial charge in [-0.15, -0.1) is 0 Å². The lowest BCUT2D eigenvalue weighted by Crippen LogP contribution is -2.27. The number of carbonyl (C=O) groups is 1. The minimum Gasteiger partial charge on any atom is -0.478 e. The SMILES string of the molecule is Cc1ccc(NCC2(C)CCCS2)c(C(=O)O)c1. The lowest BCUT2D eigenvalue weighted by atomic mass is 10.0. The van der Waals surface area contributed by atoms with Gasteiger partial charge in [-0.05, 0) is 44.6 Å². The van der Waals surface area contributed by atoms with Gasteiger partial charge < -0.3 is 10.4 Å². The number of hydrogen-bond acceptors (Lipinski definition) is 3. The molecule has 0 bridgehead atoms. The second-order valence-corrected chi connectivity index (χ2v) is 6.79. The van der Waals surface area contributed by atoms with Gasteiger partial charge in [-0.1, -0.05) is 11.6 Å². The Hall–Kier alpha value is -1.16. The van der Waals surface area contributed by atoms with Gasteiger partial charge in [-0.25, -0.2) is 4.79 Å². The monoisotopic (exact) mass is 265 g/mol. The summed E-state index contributed by atoms with van der Waals surface area (Å²) in [6.07, 6.45) is 2.45. The van der Waals surface area contributed by atoms with Gasteiger partial charge in [0.2, 0.25) is 0 Å². The Morgan fingerprint density at radius 2 is 2.33 bits per heavy atom. The second-order valence-electron chi connectivity index (χ2n) is 5.11. The van der Waals surface area contributed by atoms with Gasteiger partial charge in [-0.2, -0.15) is 11.8 Å². The van der Waals surface area contributed by atoms with Crippen LogP contribution in [0.4, 0.5) is 5.69 Å². The number of benzene rings is 1. The summed E-state index contributed by atoms with van der Waals surface area (Å²) in [4.78, 5) is 11.2. The van der Waals surface area contributed by atoms with Crippen LogP contribution in [0.2, 0.25) is 0 Å². The molecule has 1 aliphatic heterocycles. The van der Waals surface area contributed by atoms with Crippen molar-refractivity contribution >= 4 is 23.4 Å². The molecule has 18 heavy (non-hydrogen) atoms. The number of rotatable bonds is 4. The summed E-state index contributed by atoms with van der Waals surface area (Å²) < 4.78 is 0.237. The summed E-state index contributed by atoms with van der Waals surface area (Å²) in [6.45, 7) is 4.97. The van der Waals surface area contributed by atoms with Gasteiger partial charge in [0.25, 0.3) is 0 Å². The second kappa shape index (κ2) is 5.22. The van der Waals surface area contributed by atoms with Crippen molar-refractivity contribution in [1.29, 1.82) is 0 Å². The topological polar surface area (TPSA) is 49.3 Å². The normalized spacial score (nSPS) is 23.0. The minimum atomic E-state index is -0.870. The lowest BCUT2D eigenvalue weighted by molar-refractivity contribution is 0.0698. The molecule has 1 aliphatic rings. The number of nitrogens with one attached hydrogen (secondary N) is 1. The highest BCUT2D eigenvalue weighted by Gasteiger charge is 2.29. The van der Waals surface area contributed by atoms with E-state index in [1.54, 1.807) is 6.07 Å². The predicted octanol–water partition coefficient (Wildman–Crippen LogP) is 3.39. The summed E-state index contributed by atoms with van der Waals surface area (Å²) in [6, 6.07) is 5.52. The molecule has 1 fully saturated rings. The maximum Gasteiger partial charge on any atom is 0.337 e. The maximum atomic E-state index is 11.2. The Kier molecular flexibility index (Phi) is 3.85. The van der Waals surface area contributed by atoms with E-state index >= 15 is 0 Å². The molecule has 0 aliphatic carbocycles. The highest BCUT2D eigenvalue weighted by Crippen LogP contribution is 2.37. The molecule has 2 N–H and O–H groups in total. The van der Waals surface area contributed by atoms with Crippen LogP contribution in [0.1, 0.15) is 35.7 Å². The Morgan fingerprint density at radius 1 is 1.56 bits per heavy atom. The van der Waals surface area contributed by atoms with Crippen molar-refractivity contribution in [3.63, 3.8) is 0 Å². The van der Waals surface area contributed by atoms with E-state index in [0.29, 0.717) is 5.56 Å². The molecule has 0 saturated carbocycles. The molecule has 1 aromatic carbocycles. The van der Waals surface area contributed by atoms with E-state index in [9.17, 15) is 9.90 Å². The third-order valence-corrected chi connectivity index (χ3v) is 4.90. The Bertz CT molecular complexity index is 453. The molecule has 0 spiro atoms. The molecule has 2 rings (SSSR count). The van der Waals surface area contributed by atoms with Crippen LogP contribution in [-0.2, 0) is 0 Å². The Labute approximate surface area is 112 Å². The molecule has 1 atom stereocenters. The maximum absolute atomic E-state index is 11.2. The number of thioether (sulfide) groups is 1. The molecule has 0 amide bonds. The molecular weight excluding hydrogens is 246 g/mol. The van der Waals surface area contributed by atoms with Crippen molar-refractivity contribution in [1.82, 2.24) is 0 Å². The van der Waals surface area contributed by atoms with E-state index in [1.165, 1.54) is 18.6 Å². The fourth-order valence-electron chi connectivity index (χ4n) is 2.25. The van der Waals surface area contributed by atoms with Crippen LogP contribution in [0.3, 0.4) is 0 Å². The molecule has 1 heterocycles. The number of carboxylic acids is 1. The van der Waals surface area contributed by atoms with Gasteiger partial charge >= 0.3 is 5.97 Å². The fraction of sp³-hybridized carbons (Fsp3) is 0.500. The van der Waals surface area contributed by atoms with Crippen LogP contribution in [0.5, 0.6) is 0 Å². The van der Waals surface area contributed by atoms with E-state index in [1.807, 2.05) is 30.8 Å². The van der Waals surface area contributed by atoms with E-state index in [0.717, 1.165) is 17.8 Å². The van der Waals surface area contributed by atoms with Crippen molar-refractivity contribution < 1.29 is 9.90 Å². The van der Waals surface area contributed by atoms with E-state index in [-0.39, 0.29) is 4.75 Å². The first-order chi connectivity index (χ1) is 8.50. The highest BCUT2D eigenvalue weighted by atomic mass is 32.2. The van der Waals surface area contributed by atoms with Crippen molar-refractivity contribution in [3.05, 3.63) is 29.3 Å². The van der Waals surface area contributed by atoms with Crippen molar-refractivity contribution in [3.8, 4) is 0 Å². The quantitative estimate of drug-likeness (QED) is 0.876. The average molecular weight is 265 g/mol. The first-order valence-electron chi connectivity index (χ1n) is 6.22. The fourth-order valence-corrected chi connectivity index (χ4v) is 3.49. The van der Waals surface area contributed by atoms with Crippen LogP contribution >= 0.6 is 11.8 Å². The summed E-state index contributed by atoms with van der Waals surface area (Å²) in [5.74, 6) is 0.336. The van der Waals surface area contributed by atoms with Gasteiger partial charge in [0.15, 0.2) is 0 Å². The first kappa shape index (κ1) is 13.3. The number of anilines is 1. The molecule has 1 saturated heterocycles. The minimum absolute atomic E-state index is 0.237. The van der Waals surface area contributed by atoms with Crippen LogP contribution in [0.25, 0.3) is 0 Å². The van der Waals surface area contributed by atoms with Gasteiger partial charge in [0, 0.05) is 17.0 Å². The van der Waals surface area contributed by atoms with E-state index in [4.69, 9.17) is 0 Å². The lowest BCUT2D eigenvalue weighted by Gasteiger charge is -2.24. The van der Waals surface area contributed by atoms with E-state index in [2.05, 4.69) is 12.2 Å². The molecular formula is C14H19NO2S. The standard InChI is InChI=1S/C14H19NO2S/c1-10-4-5-12(11(8-10)13(16)17)15-9-14(2)6-3-7-18-14/h4-5,8,15H,3,6-7,9H2,1-2H3,(H,16,17). The third-order valence-electron chi connectivity index (χ3n) is 3.36. The van der Waals surface area contributed by atoms with Crippen molar-refractivity contribution in [2.24, 2.45) is 0 Å². The molecule has 0 radical (unpaired) electrons. The van der Waals surface area contributed by atoms with Gasteiger partial charge in [0.05, 0.1) is 5.56 Å². The number of aromatic carboxylic acids is 1. The Balaban J connectivity index is 2.11. The zero-order valence-corrected chi connectivity index (χ0v) is 11.6. The molecule has 98 valence electrons. The largest absolute Gasteiger partial charge is 0.478 e. The summed E-state index contributed by atoms with van der Waals surface area (Å²) >= 11 is 1.97. The zero-order chi connectivity index (χ0) is 13.2. The predicted molar refractivity (Wildman–Crippen MR) is 76.7 cm³/mol. The molecule has 0 aromatic heterocycles. The van der Waals surface area contributed by atoms with Crippen LogP contribution in [-0.4, -0.2) is 28.1 Å². The van der Waals surface area contributed by atoms with Crippen molar-refractivity contribution in [2.45, 2.75) is 31.4 Å². The zero-order valence-electron chi connectivity index (χ0n) is 10.8. The van der Waals surface area contributed by atoms with Crippen LogP contribution < -0.4 is 5.32 Å². The Morgan fingerprint density at radius 3 is 2.94 bits per heavy atom. The van der Waals surface area contributed by atoms with Crippen molar-refractivity contribution in [2.75, 3.05) is 17.6 Å². The molecule has 4 heteroatoms. The summed E-state index contributed by atoms with van der Waals surface area (Å²) in [5.41, 5.74) is 2.06. The smallest absolute Gasteiger partial charge is 0.337 e. The van der Waals surface area contributed by atoms with Crippen LogP contribution in [0, 0.1) is 6.92 Å². The molecule has 3 nitrogen and oxygen atoms in total.